The molecule has 1 aliphatic heterocycles. The number of anilines is 1. The second-order valence-corrected chi connectivity index (χ2v) is 9.34. The Bertz CT molecular complexity index is 1570. The highest BCUT2D eigenvalue weighted by molar-refractivity contribution is 5.93. The van der Waals surface area contributed by atoms with E-state index in [1.165, 1.54) is 12.3 Å². The van der Waals surface area contributed by atoms with Crippen LogP contribution in [0.15, 0.2) is 41.3 Å². The van der Waals surface area contributed by atoms with Crippen LogP contribution >= 0.6 is 0 Å². The van der Waals surface area contributed by atoms with Crippen molar-refractivity contribution in [2.24, 2.45) is 7.05 Å². The SMILES string of the molecule is CCn1cc(C(=O)O)c(=O)c2cc(F)c(N3CCN(Cc4c(C)c5cc(F)ccc5n4C)CC3)cc21. The van der Waals surface area contributed by atoms with Gasteiger partial charge < -0.3 is 19.1 Å². The molecule has 9 heteroatoms. The maximum absolute atomic E-state index is 15.2. The summed E-state index contributed by atoms with van der Waals surface area (Å²) in [6.07, 6.45) is 1.32. The Morgan fingerprint density at radius 2 is 1.75 bits per heavy atom. The van der Waals surface area contributed by atoms with E-state index in [0.717, 1.165) is 28.2 Å². The minimum Gasteiger partial charge on any atom is -0.477 e. The predicted octanol–water partition coefficient (Wildman–Crippen LogP) is 4.12. The second kappa shape index (κ2) is 9.05. The van der Waals surface area contributed by atoms with Crippen molar-refractivity contribution in [1.82, 2.24) is 14.0 Å². The highest BCUT2D eigenvalue weighted by atomic mass is 19.1. The lowest BCUT2D eigenvalue weighted by atomic mass is 10.1. The number of hydrogen-bond donors (Lipinski definition) is 1. The minimum absolute atomic E-state index is 0.0688. The molecule has 0 bridgehead atoms. The van der Waals surface area contributed by atoms with Gasteiger partial charge in [-0.3, -0.25) is 9.69 Å². The first-order valence-electron chi connectivity index (χ1n) is 12.0. The number of rotatable bonds is 5. The van der Waals surface area contributed by atoms with E-state index in [1.54, 1.807) is 22.8 Å². The maximum Gasteiger partial charge on any atom is 0.341 e. The third-order valence-corrected chi connectivity index (χ3v) is 7.37. The number of piperazine rings is 1. The summed E-state index contributed by atoms with van der Waals surface area (Å²) in [7, 11) is 1.99. The van der Waals surface area contributed by atoms with E-state index in [0.29, 0.717) is 50.5 Å². The van der Waals surface area contributed by atoms with Crippen molar-refractivity contribution in [3.63, 3.8) is 0 Å². The zero-order valence-corrected chi connectivity index (χ0v) is 20.5. The minimum atomic E-state index is -1.32. The molecule has 0 saturated carbocycles. The van der Waals surface area contributed by atoms with Crippen LogP contribution in [0.25, 0.3) is 21.8 Å². The fraction of sp³-hybridized carbons (Fsp3) is 0.333. The molecule has 0 unspecified atom stereocenters. The van der Waals surface area contributed by atoms with Gasteiger partial charge in [0.05, 0.1) is 11.2 Å². The topological polar surface area (TPSA) is 70.7 Å². The molecule has 1 aliphatic rings. The van der Waals surface area contributed by atoms with Gasteiger partial charge in [-0.1, -0.05) is 0 Å². The Labute approximate surface area is 206 Å². The van der Waals surface area contributed by atoms with Crippen LogP contribution in [-0.4, -0.2) is 51.3 Å². The molecule has 0 spiro atoms. The van der Waals surface area contributed by atoms with E-state index in [2.05, 4.69) is 9.47 Å². The quantitative estimate of drug-likeness (QED) is 0.452. The van der Waals surface area contributed by atoms with E-state index in [1.807, 2.05) is 25.8 Å². The average molecular weight is 495 g/mol. The zero-order valence-electron chi connectivity index (χ0n) is 20.5. The third-order valence-electron chi connectivity index (χ3n) is 7.37. The molecule has 0 radical (unpaired) electrons. The summed E-state index contributed by atoms with van der Waals surface area (Å²) in [5.74, 6) is -2.11. The predicted molar refractivity (Wildman–Crippen MR) is 136 cm³/mol. The van der Waals surface area contributed by atoms with Crippen LogP contribution in [0.2, 0.25) is 0 Å². The van der Waals surface area contributed by atoms with Gasteiger partial charge >= 0.3 is 5.97 Å². The molecule has 0 aliphatic carbocycles. The summed E-state index contributed by atoms with van der Waals surface area (Å²) in [6, 6.07) is 7.67. The van der Waals surface area contributed by atoms with E-state index >= 15 is 4.39 Å². The van der Waals surface area contributed by atoms with Crippen LogP contribution in [0.4, 0.5) is 14.5 Å². The van der Waals surface area contributed by atoms with Gasteiger partial charge in [0.1, 0.15) is 17.2 Å². The molecule has 0 amide bonds. The first-order chi connectivity index (χ1) is 17.2. The lowest BCUT2D eigenvalue weighted by Crippen LogP contribution is -2.46. The van der Waals surface area contributed by atoms with Crippen molar-refractivity contribution in [1.29, 1.82) is 0 Å². The average Bonchev–Trinajstić information content (AvgIpc) is 3.08. The number of aromatic carboxylic acids is 1. The number of carbonyl (C=O) groups is 1. The zero-order chi connectivity index (χ0) is 25.7. The Morgan fingerprint density at radius 1 is 1.03 bits per heavy atom. The molecule has 1 fully saturated rings. The van der Waals surface area contributed by atoms with Gasteiger partial charge in [-0.05, 0) is 49.7 Å². The summed E-state index contributed by atoms with van der Waals surface area (Å²) < 4.78 is 32.7. The number of pyridine rings is 1. The van der Waals surface area contributed by atoms with Crippen LogP contribution in [-0.2, 0) is 20.1 Å². The van der Waals surface area contributed by atoms with Crippen molar-refractivity contribution < 1.29 is 18.7 Å². The standard InChI is InChI=1S/C27H28F2N4O3/c1-4-32-14-20(27(35)36)26(34)19-12-21(29)24(13-23(19)32)33-9-7-31(8-10-33)15-25-16(2)18-11-17(28)5-6-22(18)30(25)3/h5-6,11-14H,4,7-10,15H2,1-3H3,(H,35,36). The number of aryl methyl sites for hydroxylation is 3. The van der Waals surface area contributed by atoms with Gasteiger partial charge in [-0.2, -0.15) is 0 Å². The highest BCUT2D eigenvalue weighted by Gasteiger charge is 2.24. The van der Waals surface area contributed by atoms with E-state index in [4.69, 9.17) is 0 Å². The second-order valence-electron chi connectivity index (χ2n) is 9.34. The smallest absolute Gasteiger partial charge is 0.341 e. The summed E-state index contributed by atoms with van der Waals surface area (Å²) in [4.78, 5) is 28.4. The number of carboxylic acid groups (broad SMARTS) is 1. The van der Waals surface area contributed by atoms with E-state index < -0.39 is 17.2 Å². The normalized spacial score (nSPS) is 14.8. The molecule has 36 heavy (non-hydrogen) atoms. The number of halogens is 2. The van der Waals surface area contributed by atoms with Crippen LogP contribution < -0.4 is 10.3 Å². The highest BCUT2D eigenvalue weighted by Crippen LogP contribution is 2.29. The number of aromatic nitrogens is 2. The van der Waals surface area contributed by atoms with Crippen molar-refractivity contribution in [2.75, 3.05) is 31.1 Å². The fourth-order valence-electron chi connectivity index (χ4n) is 5.29. The molecule has 2 aromatic carbocycles. The molecule has 2 aromatic heterocycles. The van der Waals surface area contributed by atoms with Crippen LogP contribution in [0.5, 0.6) is 0 Å². The lowest BCUT2D eigenvalue weighted by molar-refractivity contribution is 0.0695. The van der Waals surface area contributed by atoms with Gasteiger partial charge in [0.15, 0.2) is 0 Å². The van der Waals surface area contributed by atoms with Crippen LogP contribution in [0.3, 0.4) is 0 Å². The summed E-state index contributed by atoms with van der Waals surface area (Å²) in [6.45, 7) is 7.65. The fourth-order valence-corrected chi connectivity index (χ4v) is 5.29. The van der Waals surface area contributed by atoms with Gasteiger partial charge in [0.25, 0.3) is 0 Å². The van der Waals surface area contributed by atoms with Gasteiger partial charge in [-0.25, -0.2) is 13.6 Å². The molecule has 3 heterocycles. The van der Waals surface area contributed by atoms with Crippen molar-refractivity contribution >= 4 is 33.5 Å². The largest absolute Gasteiger partial charge is 0.477 e. The summed E-state index contributed by atoms with van der Waals surface area (Å²) >= 11 is 0. The molecule has 4 aromatic rings. The summed E-state index contributed by atoms with van der Waals surface area (Å²) in [5, 5.41) is 10.3. The van der Waals surface area contributed by atoms with E-state index in [-0.39, 0.29) is 16.8 Å². The van der Waals surface area contributed by atoms with Crippen LogP contribution in [0.1, 0.15) is 28.5 Å². The Hall–Kier alpha value is -3.72. The first-order valence-corrected chi connectivity index (χ1v) is 12.0. The number of benzene rings is 2. The Kier molecular flexibility index (Phi) is 6.04. The molecule has 1 N–H and O–H groups in total. The molecule has 188 valence electrons. The Balaban J connectivity index is 1.39. The molecular formula is C27H28F2N4O3. The Morgan fingerprint density at radius 3 is 2.42 bits per heavy atom. The van der Waals surface area contributed by atoms with E-state index in [9.17, 15) is 19.1 Å². The molecular weight excluding hydrogens is 466 g/mol. The maximum atomic E-state index is 15.2. The molecule has 1 saturated heterocycles. The summed E-state index contributed by atoms with van der Waals surface area (Å²) in [5.41, 5.74) is 3.07. The molecule has 5 rings (SSSR count). The third kappa shape index (κ3) is 3.93. The molecule has 7 nitrogen and oxygen atoms in total. The lowest BCUT2D eigenvalue weighted by Gasteiger charge is -2.36. The van der Waals surface area contributed by atoms with Crippen molar-refractivity contribution in [3.8, 4) is 0 Å². The monoisotopic (exact) mass is 494 g/mol. The van der Waals surface area contributed by atoms with Gasteiger partial charge in [0.2, 0.25) is 5.43 Å². The number of hydrogen-bond acceptors (Lipinski definition) is 4. The van der Waals surface area contributed by atoms with Gasteiger partial charge in [-0.15, -0.1) is 0 Å². The van der Waals surface area contributed by atoms with Crippen molar-refractivity contribution in [2.45, 2.75) is 26.9 Å². The van der Waals surface area contributed by atoms with Gasteiger partial charge in [0, 0.05) is 74.5 Å². The number of nitrogens with zero attached hydrogens (tertiary/aromatic N) is 4. The number of carboxylic acids is 1. The molecule has 0 atom stereocenters. The number of fused-ring (bicyclic) bond motifs is 2. The van der Waals surface area contributed by atoms with Crippen LogP contribution in [0, 0.1) is 18.6 Å². The first kappa shape index (κ1) is 24.0. The van der Waals surface area contributed by atoms with Crippen molar-refractivity contribution in [3.05, 3.63) is 75.2 Å².